The molecule has 0 bridgehead atoms. The third-order valence-electron chi connectivity index (χ3n) is 5.33. The number of hydrogen-bond acceptors (Lipinski definition) is 5. The number of halogens is 3. The van der Waals surface area contributed by atoms with Crippen molar-refractivity contribution in [2.24, 2.45) is 5.10 Å². The Labute approximate surface area is 234 Å². The zero-order valence-corrected chi connectivity index (χ0v) is 24.7. The van der Waals surface area contributed by atoms with Gasteiger partial charge in [0.15, 0.2) is 11.5 Å². The first kappa shape index (κ1) is 26.6. The standard InChI is InChI=1S/C27H24Br3N3O3/c1-4-35-24-11-18(22(30)13-25(24)36-15-17-5-7-19(28)8-6-17)14-31-33-26(16(2)3)32-23-10-9-20(29)12-21(23)27(33)34/h5-14,16H,4,15H2,1-3H3. The van der Waals surface area contributed by atoms with E-state index in [2.05, 4.69) is 52.9 Å². The quantitative estimate of drug-likeness (QED) is 0.180. The molecule has 0 aliphatic rings. The van der Waals surface area contributed by atoms with Crippen molar-refractivity contribution >= 4 is 64.9 Å². The Bertz CT molecular complexity index is 1480. The predicted molar refractivity (Wildman–Crippen MR) is 155 cm³/mol. The first-order valence-corrected chi connectivity index (χ1v) is 13.7. The van der Waals surface area contributed by atoms with Crippen molar-refractivity contribution in [2.75, 3.05) is 6.61 Å². The van der Waals surface area contributed by atoms with Gasteiger partial charge in [-0.25, -0.2) is 4.98 Å². The highest BCUT2D eigenvalue weighted by molar-refractivity contribution is 9.11. The van der Waals surface area contributed by atoms with Crippen LogP contribution < -0.4 is 15.0 Å². The molecule has 0 aliphatic carbocycles. The van der Waals surface area contributed by atoms with Gasteiger partial charge in [-0.3, -0.25) is 4.79 Å². The first-order valence-electron chi connectivity index (χ1n) is 11.4. The summed E-state index contributed by atoms with van der Waals surface area (Å²) in [6.07, 6.45) is 1.63. The second-order valence-electron chi connectivity index (χ2n) is 8.32. The van der Waals surface area contributed by atoms with E-state index in [4.69, 9.17) is 14.5 Å². The zero-order chi connectivity index (χ0) is 25.8. The summed E-state index contributed by atoms with van der Waals surface area (Å²) in [6, 6.07) is 17.1. The molecule has 4 aromatic rings. The normalized spacial score (nSPS) is 11.5. The van der Waals surface area contributed by atoms with E-state index in [1.165, 1.54) is 4.68 Å². The maximum Gasteiger partial charge on any atom is 0.282 e. The number of fused-ring (bicyclic) bond motifs is 1. The van der Waals surface area contributed by atoms with E-state index in [9.17, 15) is 4.79 Å². The van der Waals surface area contributed by atoms with Crippen molar-refractivity contribution in [3.8, 4) is 11.5 Å². The molecule has 4 rings (SSSR count). The Kier molecular flexibility index (Phi) is 8.64. The average molecular weight is 678 g/mol. The highest BCUT2D eigenvalue weighted by atomic mass is 79.9. The Morgan fingerprint density at radius 1 is 0.972 bits per heavy atom. The number of rotatable bonds is 8. The van der Waals surface area contributed by atoms with Gasteiger partial charge in [-0.05, 0) is 70.9 Å². The van der Waals surface area contributed by atoms with Crippen LogP contribution in [0.2, 0.25) is 0 Å². The summed E-state index contributed by atoms with van der Waals surface area (Å²) in [6.45, 7) is 6.77. The Morgan fingerprint density at radius 2 is 1.67 bits per heavy atom. The number of benzene rings is 3. The fourth-order valence-corrected chi connectivity index (χ4v) is 4.59. The molecular formula is C27H24Br3N3O3. The molecule has 3 aromatic carbocycles. The Morgan fingerprint density at radius 3 is 2.36 bits per heavy atom. The maximum atomic E-state index is 13.3. The van der Waals surface area contributed by atoms with Crippen molar-refractivity contribution < 1.29 is 9.47 Å². The van der Waals surface area contributed by atoms with Crippen molar-refractivity contribution in [1.82, 2.24) is 9.66 Å². The van der Waals surface area contributed by atoms with E-state index >= 15 is 0 Å². The highest BCUT2D eigenvalue weighted by Crippen LogP contribution is 2.34. The van der Waals surface area contributed by atoms with Crippen LogP contribution in [0.25, 0.3) is 10.9 Å². The van der Waals surface area contributed by atoms with Crippen LogP contribution in [-0.2, 0) is 6.61 Å². The average Bonchev–Trinajstić information content (AvgIpc) is 2.85. The Balaban J connectivity index is 1.70. The molecule has 0 atom stereocenters. The summed E-state index contributed by atoms with van der Waals surface area (Å²) < 4.78 is 15.9. The Hall–Kier alpha value is -2.49. The number of aromatic nitrogens is 2. The summed E-state index contributed by atoms with van der Waals surface area (Å²) in [5.41, 5.74) is 2.20. The molecule has 6 nitrogen and oxygen atoms in total. The maximum absolute atomic E-state index is 13.3. The van der Waals surface area contributed by atoms with Crippen molar-refractivity contribution in [3.63, 3.8) is 0 Å². The van der Waals surface area contributed by atoms with E-state index in [-0.39, 0.29) is 11.5 Å². The lowest BCUT2D eigenvalue weighted by atomic mass is 10.2. The van der Waals surface area contributed by atoms with Gasteiger partial charge >= 0.3 is 0 Å². The number of ether oxygens (including phenoxy) is 2. The van der Waals surface area contributed by atoms with Gasteiger partial charge in [-0.1, -0.05) is 57.8 Å². The van der Waals surface area contributed by atoms with Crippen molar-refractivity contribution in [1.29, 1.82) is 0 Å². The van der Waals surface area contributed by atoms with Gasteiger partial charge < -0.3 is 9.47 Å². The minimum absolute atomic E-state index is 0.000269. The summed E-state index contributed by atoms with van der Waals surface area (Å²) in [5.74, 6) is 1.79. The summed E-state index contributed by atoms with van der Waals surface area (Å²) in [4.78, 5) is 18.0. The molecule has 36 heavy (non-hydrogen) atoms. The molecular weight excluding hydrogens is 654 g/mol. The zero-order valence-electron chi connectivity index (χ0n) is 20.0. The topological polar surface area (TPSA) is 65.7 Å². The second-order valence-corrected chi connectivity index (χ2v) is 11.0. The van der Waals surface area contributed by atoms with Crippen LogP contribution in [0.3, 0.4) is 0 Å². The van der Waals surface area contributed by atoms with Gasteiger partial charge in [0.1, 0.15) is 12.4 Å². The molecule has 0 amide bonds. The lowest BCUT2D eigenvalue weighted by Gasteiger charge is -2.14. The predicted octanol–water partition coefficient (Wildman–Crippen LogP) is 7.67. The third-order valence-corrected chi connectivity index (χ3v) is 7.04. The van der Waals surface area contributed by atoms with Gasteiger partial charge in [0, 0.05) is 24.9 Å². The van der Waals surface area contributed by atoms with Crippen LogP contribution >= 0.6 is 47.8 Å². The minimum Gasteiger partial charge on any atom is -0.490 e. The van der Waals surface area contributed by atoms with Gasteiger partial charge in [0.2, 0.25) is 0 Å². The molecule has 1 heterocycles. The van der Waals surface area contributed by atoms with E-state index < -0.39 is 0 Å². The number of nitrogens with zero attached hydrogens (tertiary/aromatic N) is 3. The van der Waals surface area contributed by atoms with Gasteiger partial charge in [-0.2, -0.15) is 9.78 Å². The summed E-state index contributed by atoms with van der Waals surface area (Å²) in [5, 5.41) is 5.04. The van der Waals surface area contributed by atoms with Gasteiger partial charge in [-0.15, -0.1) is 0 Å². The lowest BCUT2D eigenvalue weighted by Crippen LogP contribution is -2.23. The number of hydrogen-bond donors (Lipinski definition) is 0. The third kappa shape index (κ3) is 6.07. The van der Waals surface area contributed by atoms with Crippen molar-refractivity contribution in [2.45, 2.75) is 33.3 Å². The molecule has 9 heteroatoms. The molecule has 0 fully saturated rings. The summed E-state index contributed by atoms with van der Waals surface area (Å²) in [7, 11) is 0. The second kappa shape index (κ2) is 11.7. The van der Waals surface area contributed by atoms with E-state index in [0.29, 0.717) is 41.4 Å². The largest absolute Gasteiger partial charge is 0.490 e. The first-order chi connectivity index (χ1) is 17.3. The van der Waals surface area contributed by atoms with Crippen molar-refractivity contribution in [3.05, 3.63) is 95.3 Å². The molecule has 186 valence electrons. The SMILES string of the molecule is CCOc1cc(C=Nn2c(C(C)C)nc3ccc(Br)cc3c2=O)c(Br)cc1OCc1ccc(Br)cc1. The molecule has 0 N–H and O–H groups in total. The molecule has 0 aliphatic heterocycles. The molecule has 0 saturated carbocycles. The monoisotopic (exact) mass is 675 g/mol. The molecule has 0 unspecified atom stereocenters. The van der Waals surface area contributed by atoms with Crippen LogP contribution in [0.5, 0.6) is 11.5 Å². The smallest absolute Gasteiger partial charge is 0.282 e. The van der Waals surface area contributed by atoms with Crippen LogP contribution in [0.15, 0.2) is 77.9 Å². The van der Waals surface area contributed by atoms with Crippen LogP contribution in [-0.4, -0.2) is 22.5 Å². The fourth-order valence-electron chi connectivity index (χ4n) is 3.54. The minimum atomic E-state index is -0.225. The molecule has 1 aromatic heterocycles. The summed E-state index contributed by atoms with van der Waals surface area (Å²) >= 11 is 10.5. The van der Waals surface area contributed by atoms with E-state index in [1.54, 1.807) is 12.3 Å². The van der Waals surface area contributed by atoms with Gasteiger partial charge in [0.25, 0.3) is 5.56 Å². The van der Waals surface area contributed by atoms with Crippen LogP contribution in [0, 0.1) is 0 Å². The highest BCUT2D eigenvalue weighted by Gasteiger charge is 2.15. The van der Waals surface area contributed by atoms with E-state index in [1.807, 2.05) is 69.3 Å². The van der Waals surface area contributed by atoms with Crippen LogP contribution in [0.1, 0.15) is 43.6 Å². The lowest BCUT2D eigenvalue weighted by molar-refractivity contribution is 0.269. The van der Waals surface area contributed by atoms with Crippen LogP contribution in [0.4, 0.5) is 0 Å². The molecule has 0 saturated heterocycles. The van der Waals surface area contributed by atoms with E-state index in [0.717, 1.165) is 24.5 Å². The van der Waals surface area contributed by atoms with Gasteiger partial charge in [0.05, 0.1) is 23.7 Å². The molecule has 0 spiro atoms. The molecule has 0 radical (unpaired) electrons. The fraction of sp³-hybridized carbons (Fsp3) is 0.222.